The first kappa shape index (κ1) is 18.4. The number of carboxylic acids is 1. The van der Waals surface area contributed by atoms with E-state index < -0.39 is 23.7 Å². The smallest absolute Gasteiger partial charge is 0.321 e. The first-order valence-corrected chi connectivity index (χ1v) is 9.53. The van der Waals surface area contributed by atoms with Gasteiger partial charge in [-0.3, -0.25) is 4.79 Å². The predicted octanol–water partition coefficient (Wildman–Crippen LogP) is 2.75. The standard InChI is InChI=1S/C19H22FN5O3/c20-14-6-5-12(17-23-22-16-4-2-1-3-8-25(16)17)10-15(14)21-19(28)24-9-7-13(11-24)18(26)27/h5-6,10,13H,1-4,7-9,11H2,(H,21,28)(H,26,27). The lowest BCUT2D eigenvalue weighted by Crippen LogP contribution is -2.34. The fourth-order valence-corrected chi connectivity index (χ4v) is 3.80. The minimum Gasteiger partial charge on any atom is -0.481 e. The highest BCUT2D eigenvalue weighted by molar-refractivity contribution is 5.91. The van der Waals surface area contributed by atoms with Crippen molar-refractivity contribution in [2.24, 2.45) is 5.92 Å². The molecule has 1 atom stereocenters. The summed E-state index contributed by atoms with van der Waals surface area (Å²) in [4.78, 5) is 24.9. The minimum absolute atomic E-state index is 0.0484. The number of benzene rings is 1. The van der Waals surface area contributed by atoms with Crippen molar-refractivity contribution in [2.45, 2.75) is 38.6 Å². The normalized spacial score (nSPS) is 19.2. The number of likely N-dealkylation sites (tertiary alicyclic amines) is 1. The molecule has 2 aromatic rings. The van der Waals surface area contributed by atoms with E-state index in [1.807, 2.05) is 0 Å². The minimum atomic E-state index is -0.920. The van der Waals surface area contributed by atoms with Gasteiger partial charge in [-0.25, -0.2) is 9.18 Å². The van der Waals surface area contributed by atoms with Crippen LogP contribution in [0.2, 0.25) is 0 Å². The molecule has 3 heterocycles. The Hall–Kier alpha value is -2.97. The van der Waals surface area contributed by atoms with Crippen molar-refractivity contribution in [3.05, 3.63) is 29.8 Å². The van der Waals surface area contributed by atoms with Crippen LogP contribution in [0.4, 0.5) is 14.9 Å². The van der Waals surface area contributed by atoms with Gasteiger partial charge in [0.05, 0.1) is 11.6 Å². The van der Waals surface area contributed by atoms with Gasteiger partial charge in [-0.2, -0.15) is 0 Å². The molecular weight excluding hydrogens is 365 g/mol. The number of hydrogen-bond donors (Lipinski definition) is 2. The average Bonchev–Trinajstić information content (AvgIpc) is 3.26. The Balaban J connectivity index is 1.54. The zero-order valence-corrected chi connectivity index (χ0v) is 15.4. The summed E-state index contributed by atoms with van der Waals surface area (Å²) in [5.74, 6) is -0.454. The number of fused-ring (bicyclic) bond motifs is 1. The fourth-order valence-electron chi connectivity index (χ4n) is 3.80. The van der Waals surface area contributed by atoms with Crippen molar-refractivity contribution in [2.75, 3.05) is 18.4 Å². The molecule has 1 unspecified atom stereocenters. The number of carboxylic acid groups (broad SMARTS) is 1. The number of carbonyl (C=O) groups excluding carboxylic acids is 1. The highest BCUT2D eigenvalue weighted by atomic mass is 19.1. The topological polar surface area (TPSA) is 100 Å². The van der Waals surface area contributed by atoms with Gasteiger partial charge in [0, 0.05) is 31.6 Å². The van der Waals surface area contributed by atoms with Crippen molar-refractivity contribution in [3.63, 3.8) is 0 Å². The van der Waals surface area contributed by atoms with Gasteiger partial charge >= 0.3 is 12.0 Å². The SMILES string of the molecule is O=C(O)C1CCN(C(=O)Nc2cc(-c3nnc4n3CCCCC4)ccc2F)C1. The van der Waals surface area contributed by atoms with Gasteiger partial charge in [-0.1, -0.05) is 6.42 Å². The number of halogens is 1. The van der Waals surface area contributed by atoms with Crippen molar-refractivity contribution in [3.8, 4) is 11.4 Å². The van der Waals surface area contributed by atoms with Gasteiger partial charge in [0.15, 0.2) is 5.82 Å². The van der Waals surface area contributed by atoms with E-state index in [1.165, 1.54) is 11.0 Å². The second-order valence-electron chi connectivity index (χ2n) is 7.30. The number of anilines is 1. The quantitative estimate of drug-likeness (QED) is 0.843. The van der Waals surface area contributed by atoms with Crippen LogP contribution in [0.5, 0.6) is 0 Å². The van der Waals surface area contributed by atoms with Gasteiger partial charge < -0.3 is 19.9 Å². The Morgan fingerprint density at radius 3 is 2.82 bits per heavy atom. The number of carbonyl (C=O) groups is 2. The van der Waals surface area contributed by atoms with Gasteiger partial charge in [-0.05, 0) is 37.5 Å². The van der Waals surface area contributed by atoms with Crippen molar-refractivity contribution >= 4 is 17.7 Å². The summed E-state index contributed by atoms with van der Waals surface area (Å²) in [6.07, 6.45) is 4.54. The van der Waals surface area contributed by atoms with E-state index in [4.69, 9.17) is 5.11 Å². The zero-order chi connectivity index (χ0) is 19.7. The molecule has 0 bridgehead atoms. The van der Waals surface area contributed by atoms with Crippen molar-refractivity contribution < 1.29 is 19.1 Å². The number of aromatic nitrogens is 3. The Labute approximate surface area is 161 Å². The number of hydrogen-bond acceptors (Lipinski definition) is 4. The maximum atomic E-state index is 14.3. The maximum Gasteiger partial charge on any atom is 0.321 e. The highest BCUT2D eigenvalue weighted by Gasteiger charge is 2.31. The van der Waals surface area contributed by atoms with Crippen LogP contribution in [0.1, 0.15) is 31.5 Å². The van der Waals surface area contributed by atoms with Crippen LogP contribution < -0.4 is 5.32 Å². The Morgan fingerprint density at radius 1 is 1.18 bits per heavy atom. The predicted molar refractivity (Wildman–Crippen MR) is 99.3 cm³/mol. The fraction of sp³-hybridized carbons (Fsp3) is 0.474. The lowest BCUT2D eigenvalue weighted by atomic mass is 10.1. The molecule has 9 heteroatoms. The zero-order valence-electron chi connectivity index (χ0n) is 15.4. The molecule has 1 fully saturated rings. The summed E-state index contributed by atoms with van der Waals surface area (Å²) < 4.78 is 16.4. The molecule has 0 spiro atoms. The van der Waals surface area contributed by atoms with Gasteiger partial charge in [0.2, 0.25) is 0 Å². The van der Waals surface area contributed by atoms with Crippen molar-refractivity contribution in [1.82, 2.24) is 19.7 Å². The summed E-state index contributed by atoms with van der Waals surface area (Å²) in [6.45, 7) is 1.28. The number of urea groups is 1. The monoisotopic (exact) mass is 387 g/mol. The third-order valence-electron chi connectivity index (χ3n) is 5.40. The maximum absolute atomic E-state index is 14.3. The van der Waals surface area contributed by atoms with E-state index in [1.54, 1.807) is 12.1 Å². The Kier molecular flexibility index (Phi) is 4.97. The first-order chi connectivity index (χ1) is 13.5. The molecule has 1 saturated heterocycles. The number of nitrogens with zero attached hydrogens (tertiary/aromatic N) is 4. The van der Waals surface area contributed by atoms with E-state index in [2.05, 4.69) is 20.1 Å². The van der Waals surface area contributed by atoms with Crippen LogP contribution in [0.3, 0.4) is 0 Å². The molecule has 1 aromatic carbocycles. The summed E-state index contributed by atoms with van der Waals surface area (Å²) in [7, 11) is 0. The second-order valence-corrected chi connectivity index (χ2v) is 7.30. The van der Waals surface area contributed by atoms with E-state index >= 15 is 0 Å². The molecule has 0 aliphatic carbocycles. The number of rotatable bonds is 3. The van der Waals surface area contributed by atoms with E-state index in [0.29, 0.717) is 24.4 Å². The number of nitrogens with one attached hydrogen (secondary N) is 1. The van der Waals surface area contributed by atoms with Crippen LogP contribution in [-0.4, -0.2) is 49.9 Å². The number of amides is 2. The van der Waals surface area contributed by atoms with Crippen molar-refractivity contribution in [1.29, 1.82) is 0 Å². The van der Waals surface area contributed by atoms with Crippen LogP contribution >= 0.6 is 0 Å². The molecule has 0 radical (unpaired) electrons. The molecule has 2 aliphatic rings. The molecule has 0 saturated carbocycles. The molecule has 2 aliphatic heterocycles. The third-order valence-corrected chi connectivity index (χ3v) is 5.40. The molecule has 1 aromatic heterocycles. The van der Waals surface area contributed by atoms with Crippen LogP contribution in [0.15, 0.2) is 18.2 Å². The Morgan fingerprint density at radius 2 is 2.04 bits per heavy atom. The van der Waals surface area contributed by atoms with E-state index in [9.17, 15) is 14.0 Å². The summed E-state index contributed by atoms with van der Waals surface area (Å²) in [6, 6.07) is 3.98. The molecule has 2 N–H and O–H groups in total. The molecule has 148 valence electrons. The number of aliphatic carboxylic acids is 1. The van der Waals surface area contributed by atoms with E-state index in [0.717, 1.165) is 38.1 Å². The summed E-state index contributed by atoms with van der Waals surface area (Å²) in [5.41, 5.74) is 0.731. The van der Waals surface area contributed by atoms with Gasteiger partial charge in [0.1, 0.15) is 11.6 Å². The lowest BCUT2D eigenvalue weighted by Gasteiger charge is -2.17. The summed E-state index contributed by atoms with van der Waals surface area (Å²) >= 11 is 0. The molecule has 28 heavy (non-hydrogen) atoms. The Bertz CT molecular complexity index is 913. The number of aryl methyl sites for hydroxylation is 1. The molecule has 2 amide bonds. The van der Waals surface area contributed by atoms with Crippen LogP contribution in [0.25, 0.3) is 11.4 Å². The molecular formula is C19H22FN5O3. The highest BCUT2D eigenvalue weighted by Crippen LogP contribution is 2.27. The summed E-state index contributed by atoms with van der Waals surface area (Å²) in [5, 5.41) is 20.2. The second kappa shape index (κ2) is 7.57. The molecule has 4 rings (SSSR count). The largest absolute Gasteiger partial charge is 0.481 e. The first-order valence-electron chi connectivity index (χ1n) is 9.53. The third kappa shape index (κ3) is 3.56. The van der Waals surface area contributed by atoms with E-state index in [-0.39, 0.29) is 12.2 Å². The van der Waals surface area contributed by atoms with Crippen LogP contribution in [-0.2, 0) is 17.8 Å². The average molecular weight is 387 g/mol. The van der Waals surface area contributed by atoms with Gasteiger partial charge in [0.25, 0.3) is 0 Å². The van der Waals surface area contributed by atoms with Crippen LogP contribution in [0, 0.1) is 11.7 Å². The van der Waals surface area contributed by atoms with Gasteiger partial charge in [-0.15, -0.1) is 10.2 Å². The lowest BCUT2D eigenvalue weighted by molar-refractivity contribution is -0.141. The molecule has 8 nitrogen and oxygen atoms in total.